The van der Waals surface area contributed by atoms with Crippen LogP contribution in [0.15, 0.2) is 30.6 Å². The minimum Gasteiger partial charge on any atom is -0.330 e. The maximum Gasteiger partial charge on any atom is 0.159 e. The van der Waals surface area contributed by atoms with Crippen molar-refractivity contribution >= 4 is 0 Å². The van der Waals surface area contributed by atoms with Gasteiger partial charge in [-0.05, 0) is 36.7 Å². The molecule has 2 aromatic rings. The minimum absolute atomic E-state index is 0.365. The molecule has 0 amide bonds. The van der Waals surface area contributed by atoms with Crippen LogP contribution in [-0.2, 0) is 6.42 Å². The Morgan fingerprint density at radius 3 is 2.35 bits per heavy atom. The van der Waals surface area contributed by atoms with Crippen molar-refractivity contribution in [1.82, 2.24) is 9.97 Å². The molecule has 2 rings (SSSR count). The number of hydrogen-bond acceptors (Lipinski definition) is 3. The highest BCUT2D eigenvalue weighted by Crippen LogP contribution is 2.17. The molecule has 1 aromatic heterocycles. The quantitative estimate of drug-likeness (QED) is 0.884. The predicted molar refractivity (Wildman–Crippen MR) is 60.1 cm³/mol. The molecule has 0 spiro atoms. The van der Waals surface area contributed by atoms with Crippen molar-refractivity contribution in [1.29, 1.82) is 0 Å². The molecular weight excluding hydrogens is 224 g/mol. The Kier molecular flexibility index (Phi) is 3.39. The lowest BCUT2D eigenvalue weighted by Crippen LogP contribution is -2.03. The van der Waals surface area contributed by atoms with E-state index in [4.69, 9.17) is 5.73 Å². The van der Waals surface area contributed by atoms with E-state index < -0.39 is 11.6 Å². The molecule has 88 valence electrons. The smallest absolute Gasteiger partial charge is 0.159 e. The van der Waals surface area contributed by atoms with Gasteiger partial charge in [0.05, 0.1) is 0 Å². The highest BCUT2D eigenvalue weighted by atomic mass is 19.2. The van der Waals surface area contributed by atoms with Crippen molar-refractivity contribution in [3.8, 4) is 11.4 Å². The third-order valence-corrected chi connectivity index (χ3v) is 2.32. The van der Waals surface area contributed by atoms with Crippen molar-refractivity contribution < 1.29 is 8.78 Å². The summed E-state index contributed by atoms with van der Waals surface area (Å²) in [7, 11) is 0. The Labute approximate surface area is 97.3 Å². The summed E-state index contributed by atoms with van der Waals surface area (Å²) in [6.45, 7) is 0.522. The lowest BCUT2D eigenvalue weighted by Gasteiger charge is -2.02. The van der Waals surface area contributed by atoms with Crippen molar-refractivity contribution in [3.63, 3.8) is 0 Å². The van der Waals surface area contributed by atoms with Gasteiger partial charge < -0.3 is 5.73 Å². The number of nitrogens with zero attached hydrogens (tertiary/aromatic N) is 2. The summed E-state index contributed by atoms with van der Waals surface area (Å²) in [5.74, 6) is -1.42. The second-order valence-electron chi connectivity index (χ2n) is 3.58. The Hall–Kier alpha value is -1.88. The fraction of sp³-hybridized carbons (Fsp3) is 0.167. The molecule has 0 aliphatic rings. The molecular formula is C12H11F2N3. The van der Waals surface area contributed by atoms with Gasteiger partial charge >= 0.3 is 0 Å². The zero-order chi connectivity index (χ0) is 12.3. The molecule has 0 bridgehead atoms. The summed E-state index contributed by atoms with van der Waals surface area (Å²) in [5, 5.41) is 0. The van der Waals surface area contributed by atoms with E-state index >= 15 is 0 Å². The molecule has 3 nitrogen and oxygen atoms in total. The minimum atomic E-state index is -0.905. The standard InChI is InChI=1S/C12H11F2N3/c13-10-2-1-9(5-11(10)14)12-16-6-8(3-4-15)7-17-12/h1-2,5-7H,3-4,15H2. The van der Waals surface area contributed by atoms with Gasteiger partial charge in [0.1, 0.15) is 0 Å². The number of benzene rings is 1. The third-order valence-electron chi connectivity index (χ3n) is 2.32. The molecule has 0 aliphatic carbocycles. The topological polar surface area (TPSA) is 51.8 Å². The first-order chi connectivity index (χ1) is 8.20. The van der Waals surface area contributed by atoms with Gasteiger partial charge in [0, 0.05) is 18.0 Å². The molecule has 0 radical (unpaired) electrons. The number of aromatic nitrogens is 2. The fourth-order valence-electron chi connectivity index (χ4n) is 1.43. The number of halogens is 2. The van der Waals surface area contributed by atoms with Crippen LogP contribution < -0.4 is 5.73 Å². The van der Waals surface area contributed by atoms with Gasteiger partial charge in [0.2, 0.25) is 0 Å². The number of hydrogen-bond donors (Lipinski definition) is 1. The summed E-state index contributed by atoms with van der Waals surface area (Å²) >= 11 is 0. The Morgan fingerprint density at radius 2 is 1.76 bits per heavy atom. The Balaban J connectivity index is 2.30. The van der Waals surface area contributed by atoms with Crippen LogP contribution in [0.4, 0.5) is 8.78 Å². The maximum absolute atomic E-state index is 13.0. The van der Waals surface area contributed by atoms with E-state index in [1.807, 2.05) is 0 Å². The molecule has 1 heterocycles. The SMILES string of the molecule is NCCc1cnc(-c2ccc(F)c(F)c2)nc1. The second-order valence-corrected chi connectivity index (χ2v) is 3.58. The third kappa shape index (κ3) is 2.62. The van der Waals surface area contributed by atoms with E-state index in [9.17, 15) is 8.78 Å². The van der Waals surface area contributed by atoms with E-state index in [1.165, 1.54) is 6.07 Å². The van der Waals surface area contributed by atoms with Crippen molar-refractivity contribution in [2.45, 2.75) is 6.42 Å². The van der Waals surface area contributed by atoms with Crippen LogP contribution in [0.2, 0.25) is 0 Å². The van der Waals surface area contributed by atoms with Gasteiger partial charge in [0.25, 0.3) is 0 Å². The summed E-state index contributed by atoms with van der Waals surface area (Å²) in [5.41, 5.74) is 6.76. The molecule has 0 aliphatic heterocycles. The fourth-order valence-corrected chi connectivity index (χ4v) is 1.43. The first-order valence-electron chi connectivity index (χ1n) is 5.17. The average Bonchev–Trinajstić information content (AvgIpc) is 2.34. The largest absolute Gasteiger partial charge is 0.330 e. The van der Waals surface area contributed by atoms with E-state index in [1.54, 1.807) is 12.4 Å². The normalized spacial score (nSPS) is 10.5. The van der Waals surface area contributed by atoms with Gasteiger partial charge in [-0.25, -0.2) is 18.7 Å². The summed E-state index contributed by atoms with van der Waals surface area (Å²) in [6.07, 6.45) is 3.96. The van der Waals surface area contributed by atoms with Crippen molar-refractivity contribution in [2.24, 2.45) is 5.73 Å². The highest BCUT2D eigenvalue weighted by Gasteiger charge is 2.06. The van der Waals surface area contributed by atoms with Gasteiger partial charge in [-0.3, -0.25) is 0 Å². The molecule has 1 aromatic carbocycles. The zero-order valence-corrected chi connectivity index (χ0v) is 9.03. The molecule has 0 fully saturated rings. The van der Waals surface area contributed by atoms with E-state index in [2.05, 4.69) is 9.97 Å². The lowest BCUT2D eigenvalue weighted by molar-refractivity contribution is 0.509. The van der Waals surface area contributed by atoms with Crippen LogP contribution in [0.25, 0.3) is 11.4 Å². The van der Waals surface area contributed by atoms with Crippen LogP contribution >= 0.6 is 0 Å². The van der Waals surface area contributed by atoms with Crippen molar-refractivity contribution in [3.05, 3.63) is 47.8 Å². The number of rotatable bonds is 3. The molecule has 0 saturated heterocycles. The van der Waals surface area contributed by atoms with Crippen LogP contribution in [0.5, 0.6) is 0 Å². The first-order valence-corrected chi connectivity index (χ1v) is 5.17. The molecule has 0 atom stereocenters. The predicted octanol–water partition coefficient (Wildman–Crippen LogP) is 1.92. The highest BCUT2D eigenvalue weighted by molar-refractivity contribution is 5.54. The molecule has 0 saturated carbocycles. The van der Waals surface area contributed by atoms with Gasteiger partial charge in [-0.2, -0.15) is 0 Å². The second kappa shape index (κ2) is 4.97. The molecule has 0 unspecified atom stereocenters. The van der Waals surface area contributed by atoms with E-state index in [-0.39, 0.29) is 0 Å². The lowest BCUT2D eigenvalue weighted by atomic mass is 10.2. The Bertz CT molecular complexity index is 512. The average molecular weight is 235 g/mol. The first kappa shape index (κ1) is 11.6. The van der Waals surface area contributed by atoms with Gasteiger partial charge in [-0.15, -0.1) is 0 Å². The van der Waals surface area contributed by atoms with Crippen molar-refractivity contribution in [2.75, 3.05) is 6.54 Å². The monoisotopic (exact) mass is 235 g/mol. The van der Waals surface area contributed by atoms with Gasteiger partial charge in [-0.1, -0.05) is 0 Å². The van der Waals surface area contributed by atoms with Crippen LogP contribution in [0, 0.1) is 11.6 Å². The summed E-state index contributed by atoms with van der Waals surface area (Å²) < 4.78 is 25.8. The molecule has 17 heavy (non-hydrogen) atoms. The van der Waals surface area contributed by atoms with E-state index in [0.29, 0.717) is 24.4 Å². The maximum atomic E-state index is 13.0. The van der Waals surface area contributed by atoms with Crippen LogP contribution in [0.3, 0.4) is 0 Å². The molecule has 2 N–H and O–H groups in total. The number of nitrogens with two attached hydrogens (primary N) is 1. The summed E-state index contributed by atoms with van der Waals surface area (Å²) in [6, 6.07) is 3.57. The molecule has 5 heteroatoms. The van der Waals surface area contributed by atoms with Crippen LogP contribution in [0.1, 0.15) is 5.56 Å². The zero-order valence-electron chi connectivity index (χ0n) is 9.03. The Morgan fingerprint density at radius 1 is 1.06 bits per heavy atom. The van der Waals surface area contributed by atoms with Gasteiger partial charge in [0.15, 0.2) is 17.5 Å². The van der Waals surface area contributed by atoms with Crippen LogP contribution in [-0.4, -0.2) is 16.5 Å². The van der Waals surface area contributed by atoms with E-state index in [0.717, 1.165) is 17.7 Å². The summed E-state index contributed by atoms with van der Waals surface area (Å²) in [4.78, 5) is 8.17.